The second-order valence-corrected chi connectivity index (χ2v) is 6.18. The summed E-state index contributed by atoms with van der Waals surface area (Å²) in [6.45, 7) is 5.07. The zero-order chi connectivity index (χ0) is 15.0. The monoisotopic (exact) mass is 362 g/mol. The summed E-state index contributed by atoms with van der Waals surface area (Å²) >= 11 is 9.75. The summed E-state index contributed by atoms with van der Waals surface area (Å²) in [5.41, 5.74) is 1.12. The van der Waals surface area contributed by atoms with Gasteiger partial charge in [-0.15, -0.1) is 0 Å². The number of hydrogen-bond donors (Lipinski definition) is 2. The Morgan fingerprint density at radius 2 is 2.10 bits per heavy atom. The Bertz CT molecular complexity index is 397. The molecule has 1 atom stereocenters. The van der Waals surface area contributed by atoms with Crippen LogP contribution >= 0.6 is 27.5 Å². The predicted molar refractivity (Wildman–Crippen MR) is 89.4 cm³/mol. The second kappa shape index (κ2) is 9.74. The topological polar surface area (TPSA) is 35.5 Å². The molecule has 0 heterocycles. The van der Waals surface area contributed by atoms with E-state index in [1.807, 2.05) is 19.2 Å². The lowest BCUT2D eigenvalue weighted by molar-refractivity contribution is 0.190. The van der Waals surface area contributed by atoms with Crippen LogP contribution in [-0.4, -0.2) is 43.3 Å². The number of hydrogen-bond acceptors (Lipinski definition) is 3. The van der Waals surface area contributed by atoms with Gasteiger partial charge in [-0.25, -0.2) is 0 Å². The molecule has 20 heavy (non-hydrogen) atoms. The van der Waals surface area contributed by atoms with Crippen molar-refractivity contribution < 1.29 is 5.11 Å². The van der Waals surface area contributed by atoms with Crippen molar-refractivity contribution in [3.8, 4) is 0 Å². The third-order valence-electron chi connectivity index (χ3n) is 3.38. The average molecular weight is 364 g/mol. The first kappa shape index (κ1) is 17.9. The summed E-state index contributed by atoms with van der Waals surface area (Å²) in [7, 11) is 1.96. The highest BCUT2D eigenvalue weighted by Crippen LogP contribution is 2.28. The average Bonchev–Trinajstić information content (AvgIpc) is 2.41. The normalized spacial score (nSPS) is 12.9. The zero-order valence-corrected chi connectivity index (χ0v) is 14.5. The van der Waals surface area contributed by atoms with E-state index in [9.17, 15) is 0 Å². The van der Waals surface area contributed by atoms with E-state index in [0.29, 0.717) is 0 Å². The number of benzene rings is 1. The lowest BCUT2D eigenvalue weighted by atomic mass is 10.0. The van der Waals surface area contributed by atoms with E-state index in [4.69, 9.17) is 16.7 Å². The molecule has 1 unspecified atom stereocenters. The van der Waals surface area contributed by atoms with Gasteiger partial charge in [0.25, 0.3) is 0 Å². The van der Waals surface area contributed by atoms with Crippen molar-refractivity contribution in [1.82, 2.24) is 10.2 Å². The molecule has 114 valence electrons. The Morgan fingerprint density at radius 1 is 1.35 bits per heavy atom. The SMILES string of the molecule is CCCN(CCO)CCC(NC)c1ccc(Br)cc1Cl. The van der Waals surface area contributed by atoms with Crippen molar-refractivity contribution in [3.05, 3.63) is 33.3 Å². The third-order valence-corrected chi connectivity index (χ3v) is 4.20. The standard InChI is InChI=1S/C15H24BrClN2O/c1-3-7-19(9-10-20)8-6-15(18-2)13-5-4-12(16)11-14(13)17/h4-5,11,15,18,20H,3,6-10H2,1-2H3. The Labute approximate surface area is 135 Å². The van der Waals surface area contributed by atoms with Gasteiger partial charge in [0.1, 0.15) is 0 Å². The summed E-state index contributed by atoms with van der Waals surface area (Å²) in [6.07, 6.45) is 2.07. The summed E-state index contributed by atoms with van der Waals surface area (Å²) in [6, 6.07) is 6.24. The van der Waals surface area contributed by atoms with Gasteiger partial charge in [0, 0.05) is 28.6 Å². The lowest BCUT2D eigenvalue weighted by Gasteiger charge is -2.24. The van der Waals surface area contributed by atoms with Gasteiger partial charge in [-0.05, 0) is 44.1 Å². The van der Waals surface area contributed by atoms with Crippen molar-refractivity contribution in [2.45, 2.75) is 25.8 Å². The Morgan fingerprint density at radius 3 is 2.65 bits per heavy atom. The number of rotatable bonds is 9. The molecule has 2 N–H and O–H groups in total. The second-order valence-electron chi connectivity index (χ2n) is 4.86. The third kappa shape index (κ3) is 5.70. The van der Waals surface area contributed by atoms with Crippen LogP contribution in [0.3, 0.4) is 0 Å². The Kier molecular flexibility index (Phi) is 8.73. The van der Waals surface area contributed by atoms with E-state index in [2.05, 4.69) is 39.1 Å². The Balaban J connectivity index is 2.66. The first-order valence-electron chi connectivity index (χ1n) is 7.07. The number of nitrogens with zero attached hydrogens (tertiary/aromatic N) is 1. The molecule has 0 spiro atoms. The summed E-state index contributed by atoms with van der Waals surface area (Å²) in [5, 5.41) is 13.2. The van der Waals surface area contributed by atoms with Crippen molar-refractivity contribution in [2.75, 3.05) is 33.3 Å². The largest absolute Gasteiger partial charge is 0.395 e. The van der Waals surface area contributed by atoms with Gasteiger partial charge in [0.2, 0.25) is 0 Å². The minimum absolute atomic E-state index is 0.212. The van der Waals surface area contributed by atoms with Crippen LogP contribution in [0.1, 0.15) is 31.4 Å². The van der Waals surface area contributed by atoms with Crippen LogP contribution in [0.5, 0.6) is 0 Å². The molecule has 0 saturated heterocycles. The van der Waals surface area contributed by atoms with E-state index < -0.39 is 0 Å². The van der Waals surface area contributed by atoms with Gasteiger partial charge >= 0.3 is 0 Å². The number of aliphatic hydroxyl groups excluding tert-OH is 1. The highest BCUT2D eigenvalue weighted by molar-refractivity contribution is 9.10. The van der Waals surface area contributed by atoms with Crippen molar-refractivity contribution >= 4 is 27.5 Å². The zero-order valence-electron chi connectivity index (χ0n) is 12.2. The van der Waals surface area contributed by atoms with Crippen molar-refractivity contribution in [3.63, 3.8) is 0 Å². The molecule has 0 aliphatic heterocycles. The molecule has 0 aliphatic carbocycles. The molecule has 1 aromatic rings. The molecular formula is C15H24BrClN2O. The van der Waals surface area contributed by atoms with E-state index >= 15 is 0 Å². The molecule has 0 saturated carbocycles. The van der Waals surface area contributed by atoms with Crippen molar-refractivity contribution in [2.24, 2.45) is 0 Å². The van der Waals surface area contributed by atoms with Crippen LogP contribution < -0.4 is 5.32 Å². The van der Waals surface area contributed by atoms with Crippen molar-refractivity contribution in [1.29, 1.82) is 0 Å². The van der Waals surface area contributed by atoms with Crippen LogP contribution in [-0.2, 0) is 0 Å². The van der Waals surface area contributed by atoms with Gasteiger partial charge in [-0.1, -0.05) is 40.5 Å². The minimum atomic E-state index is 0.212. The molecule has 0 aromatic heterocycles. The lowest BCUT2D eigenvalue weighted by Crippen LogP contribution is -2.31. The van der Waals surface area contributed by atoms with Crippen LogP contribution in [0.15, 0.2) is 22.7 Å². The van der Waals surface area contributed by atoms with E-state index in [-0.39, 0.29) is 12.6 Å². The molecule has 1 rings (SSSR count). The highest BCUT2D eigenvalue weighted by Gasteiger charge is 2.14. The molecule has 0 radical (unpaired) electrons. The van der Waals surface area contributed by atoms with Crippen LogP contribution in [0.25, 0.3) is 0 Å². The summed E-state index contributed by atoms with van der Waals surface area (Å²) in [4.78, 5) is 2.29. The molecular weight excluding hydrogens is 340 g/mol. The summed E-state index contributed by atoms with van der Waals surface area (Å²) in [5.74, 6) is 0. The van der Waals surface area contributed by atoms with E-state index in [1.165, 1.54) is 0 Å². The van der Waals surface area contributed by atoms with Gasteiger partial charge in [0.15, 0.2) is 0 Å². The molecule has 0 fully saturated rings. The van der Waals surface area contributed by atoms with Gasteiger partial charge < -0.3 is 15.3 Å². The maximum absolute atomic E-state index is 9.09. The highest BCUT2D eigenvalue weighted by atomic mass is 79.9. The van der Waals surface area contributed by atoms with Crippen LogP contribution in [0, 0.1) is 0 Å². The fraction of sp³-hybridized carbons (Fsp3) is 0.600. The quantitative estimate of drug-likeness (QED) is 0.705. The van der Waals surface area contributed by atoms with Crippen LogP contribution in [0.2, 0.25) is 5.02 Å². The molecule has 0 aliphatic rings. The maximum atomic E-state index is 9.09. The fourth-order valence-electron chi connectivity index (χ4n) is 2.34. The van der Waals surface area contributed by atoms with E-state index in [0.717, 1.165) is 47.5 Å². The minimum Gasteiger partial charge on any atom is -0.395 e. The smallest absolute Gasteiger partial charge is 0.0558 e. The first-order valence-corrected chi connectivity index (χ1v) is 8.24. The molecule has 5 heteroatoms. The van der Waals surface area contributed by atoms with Gasteiger partial charge in [0.05, 0.1) is 6.61 Å². The molecule has 0 amide bonds. The van der Waals surface area contributed by atoms with Gasteiger partial charge in [-0.3, -0.25) is 0 Å². The maximum Gasteiger partial charge on any atom is 0.0558 e. The Hall–Kier alpha value is -0.130. The summed E-state index contributed by atoms with van der Waals surface area (Å²) < 4.78 is 0.994. The first-order chi connectivity index (χ1) is 9.62. The van der Waals surface area contributed by atoms with Crippen LogP contribution in [0.4, 0.5) is 0 Å². The van der Waals surface area contributed by atoms with E-state index in [1.54, 1.807) is 0 Å². The number of aliphatic hydroxyl groups is 1. The molecule has 0 bridgehead atoms. The molecule has 1 aromatic carbocycles. The number of halogens is 2. The molecule has 3 nitrogen and oxygen atoms in total. The number of nitrogens with one attached hydrogen (secondary N) is 1. The fourth-order valence-corrected chi connectivity index (χ4v) is 3.15. The predicted octanol–water partition coefficient (Wildman–Crippen LogP) is 3.46. The van der Waals surface area contributed by atoms with Gasteiger partial charge in [-0.2, -0.15) is 0 Å².